The first kappa shape index (κ1) is 12.2. The van der Waals surface area contributed by atoms with Crippen LogP contribution in [0.5, 0.6) is 0 Å². The van der Waals surface area contributed by atoms with Gasteiger partial charge in [0.1, 0.15) is 16.6 Å². The number of hydrogen-bond acceptors (Lipinski definition) is 4. The van der Waals surface area contributed by atoms with Gasteiger partial charge in [0.05, 0.1) is 6.42 Å². The van der Waals surface area contributed by atoms with Crippen LogP contribution in [0.25, 0.3) is 0 Å². The van der Waals surface area contributed by atoms with Crippen LogP contribution in [0.3, 0.4) is 0 Å². The van der Waals surface area contributed by atoms with Gasteiger partial charge in [-0.15, -0.1) is 11.3 Å². The number of aromatic nitrogens is 1. The molecule has 0 fully saturated rings. The van der Waals surface area contributed by atoms with Crippen LogP contribution in [0, 0.1) is 5.92 Å². The van der Waals surface area contributed by atoms with Crippen LogP contribution in [0.15, 0.2) is 5.38 Å². The van der Waals surface area contributed by atoms with Crippen LogP contribution in [0.2, 0.25) is 0 Å². The summed E-state index contributed by atoms with van der Waals surface area (Å²) < 4.78 is 0. The maximum Gasteiger partial charge on any atom is 0.142 e. The molecule has 1 heterocycles. The molecule has 0 saturated carbocycles. The second-order valence-electron chi connectivity index (χ2n) is 4.22. The van der Waals surface area contributed by atoms with Gasteiger partial charge in [-0.3, -0.25) is 4.79 Å². The monoisotopic (exact) mass is 226 g/mol. The predicted octanol–water partition coefficient (Wildman–Crippen LogP) is 2.73. The van der Waals surface area contributed by atoms with Gasteiger partial charge in [0, 0.05) is 17.3 Å². The Balaban J connectivity index is 2.56. The highest BCUT2D eigenvalue weighted by molar-refractivity contribution is 7.10. The van der Waals surface area contributed by atoms with E-state index in [1.165, 1.54) is 0 Å². The molecule has 1 aromatic rings. The Morgan fingerprint density at radius 1 is 1.47 bits per heavy atom. The minimum Gasteiger partial charge on any atom is -0.367 e. The van der Waals surface area contributed by atoms with E-state index in [0.717, 1.165) is 10.8 Å². The average molecular weight is 226 g/mol. The molecular formula is C11H18N2OS. The number of nitrogens with zero attached hydrogens (tertiary/aromatic N) is 1. The number of nitrogens with one attached hydrogen (secondary N) is 1. The van der Waals surface area contributed by atoms with E-state index >= 15 is 0 Å². The van der Waals surface area contributed by atoms with Crippen molar-refractivity contribution in [2.24, 2.45) is 5.92 Å². The number of Topliss-reactive ketones (excluding diaryl/α,β-unsaturated/α-hetero) is 1. The highest BCUT2D eigenvalue weighted by atomic mass is 32.1. The van der Waals surface area contributed by atoms with Crippen molar-refractivity contribution in [3.05, 3.63) is 10.4 Å². The average Bonchev–Trinajstić information content (AvgIpc) is 2.51. The first-order valence-corrected chi connectivity index (χ1v) is 6.10. The molecule has 84 valence electrons. The van der Waals surface area contributed by atoms with Crippen molar-refractivity contribution in [2.75, 3.05) is 5.32 Å². The summed E-state index contributed by atoms with van der Waals surface area (Å²) in [7, 11) is 0. The van der Waals surface area contributed by atoms with Crippen LogP contribution >= 0.6 is 11.3 Å². The predicted molar refractivity (Wildman–Crippen MR) is 64.4 cm³/mol. The number of thiazole rings is 1. The highest BCUT2D eigenvalue weighted by Gasteiger charge is 2.11. The molecule has 3 nitrogen and oxygen atoms in total. The first-order chi connectivity index (χ1) is 6.99. The quantitative estimate of drug-likeness (QED) is 0.839. The molecule has 0 radical (unpaired) electrons. The lowest BCUT2D eigenvalue weighted by Gasteiger charge is -2.05. The van der Waals surface area contributed by atoms with Crippen molar-refractivity contribution < 1.29 is 4.79 Å². The second kappa shape index (κ2) is 5.26. The third-order valence-electron chi connectivity index (χ3n) is 1.96. The zero-order valence-electron chi connectivity index (χ0n) is 9.70. The third kappa shape index (κ3) is 4.00. The van der Waals surface area contributed by atoms with Crippen LogP contribution in [0.1, 0.15) is 32.7 Å². The van der Waals surface area contributed by atoms with Crippen LogP contribution in [0.4, 0.5) is 5.82 Å². The van der Waals surface area contributed by atoms with Crippen LogP contribution in [-0.4, -0.2) is 16.8 Å². The third-order valence-corrected chi connectivity index (χ3v) is 2.81. The van der Waals surface area contributed by atoms with Crippen molar-refractivity contribution in [3.8, 4) is 0 Å². The van der Waals surface area contributed by atoms with E-state index in [0.29, 0.717) is 12.5 Å². The van der Waals surface area contributed by atoms with Gasteiger partial charge in [-0.05, 0) is 13.8 Å². The minimum atomic E-state index is 0.0930. The van der Waals surface area contributed by atoms with E-state index in [9.17, 15) is 4.79 Å². The van der Waals surface area contributed by atoms with Gasteiger partial charge >= 0.3 is 0 Å². The number of hydrogen-bond donors (Lipinski definition) is 1. The number of carbonyl (C=O) groups excluding carboxylic acids is 1. The zero-order chi connectivity index (χ0) is 11.4. The van der Waals surface area contributed by atoms with E-state index in [1.54, 1.807) is 11.3 Å². The lowest BCUT2D eigenvalue weighted by Crippen LogP contribution is -2.11. The van der Waals surface area contributed by atoms with Gasteiger partial charge in [-0.25, -0.2) is 4.98 Å². The molecule has 0 bridgehead atoms. The lowest BCUT2D eigenvalue weighted by molar-refractivity contribution is -0.121. The number of anilines is 1. The van der Waals surface area contributed by atoms with Gasteiger partial charge in [0.25, 0.3) is 0 Å². The van der Waals surface area contributed by atoms with Crippen molar-refractivity contribution >= 4 is 22.9 Å². The van der Waals surface area contributed by atoms with E-state index in [1.807, 2.05) is 19.2 Å². The standard InChI is InChI=1S/C11H18N2OS/c1-7(2)9(14)5-11-13-10(6-15-11)12-8(3)4/h6-8,12H,5H2,1-4H3. The summed E-state index contributed by atoms with van der Waals surface area (Å²) >= 11 is 1.54. The molecule has 0 spiro atoms. The maximum absolute atomic E-state index is 11.5. The van der Waals surface area contributed by atoms with Gasteiger partial charge < -0.3 is 5.32 Å². The zero-order valence-corrected chi connectivity index (χ0v) is 10.5. The van der Waals surface area contributed by atoms with E-state index < -0.39 is 0 Å². The van der Waals surface area contributed by atoms with Crippen LogP contribution in [-0.2, 0) is 11.2 Å². The topological polar surface area (TPSA) is 42.0 Å². The van der Waals surface area contributed by atoms with Crippen molar-refractivity contribution in [2.45, 2.75) is 40.2 Å². The molecule has 0 atom stereocenters. The summed E-state index contributed by atoms with van der Waals surface area (Å²) in [5.74, 6) is 1.22. The SMILES string of the molecule is CC(C)Nc1csc(CC(=O)C(C)C)n1. The Labute approximate surface area is 94.9 Å². The maximum atomic E-state index is 11.5. The number of carbonyl (C=O) groups is 1. The Hall–Kier alpha value is -0.900. The Kier molecular flexibility index (Phi) is 4.27. The summed E-state index contributed by atoms with van der Waals surface area (Å²) in [6.07, 6.45) is 0.460. The Morgan fingerprint density at radius 2 is 2.13 bits per heavy atom. The molecule has 1 rings (SSSR count). The fourth-order valence-electron chi connectivity index (χ4n) is 1.11. The van der Waals surface area contributed by atoms with Gasteiger partial charge in [0.2, 0.25) is 0 Å². The molecule has 0 aromatic carbocycles. The van der Waals surface area contributed by atoms with Crippen molar-refractivity contribution in [1.82, 2.24) is 4.98 Å². The summed E-state index contributed by atoms with van der Waals surface area (Å²) in [6.45, 7) is 7.98. The van der Waals surface area contributed by atoms with E-state index in [-0.39, 0.29) is 11.7 Å². The molecule has 0 amide bonds. The molecule has 1 N–H and O–H groups in total. The van der Waals surface area contributed by atoms with E-state index in [2.05, 4.69) is 24.1 Å². The Bertz CT molecular complexity index is 331. The summed E-state index contributed by atoms with van der Waals surface area (Å²) in [6, 6.07) is 0.376. The smallest absolute Gasteiger partial charge is 0.142 e. The summed E-state index contributed by atoms with van der Waals surface area (Å²) in [5.41, 5.74) is 0. The Morgan fingerprint density at radius 3 is 2.67 bits per heavy atom. The van der Waals surface area contributed by atoms with Crippen LogP contribution < -0.4 is 5.32 Å². The molecule has 1 aromatic heterocycles. The first-order valence-electron chi connectivity index (χ1n) is 5.22. The molecule has 0 saturated heterocycles. The number of rotatable bonds is 5. The van der Waals surface area contributed by atoms with Gasteiger partial charge in [0.15, 0.2) is 0 Å². The molecule has 15 heavy (non-hydrogen) atoms. The largest absolute Gasteiger partial charge is 0.367 e. The summed E-state index contributed by atoms with van der Waals surface area (Å²) in [5, 5.41) is 6.08. The summed E-state index contributed by atoms with van der Waals surface area (Å²) in [4.78, 5) is 15.8. The van der Waals surface area contributed by atoms with Gasteiger partial charge in [-0.1, -0.05) is 13.8 Å². The minimum absolute atomic E-state index is 0.0930. The molecule has 4 heteroatoms. The second-order valence-corrected chi connectivity index (χ2v) is 5.17. The molecular weight excluding hydrogens is 208 g/mol. The normalized spacial score (nSPS) is 11.1. The number of ketones is 1. The fraction of sp³-hybridized carbons (Fsp3) is 0.636. The lowest BCUT2D eigenvalue weighted by atomic mass is 10.1. The molecule has 0 unspecified atom stereocenters. The highest BCUT2D eigenvalue weighted by Crippen LogP contribution is 2.16. The molecule has 0 aliphatic carbocycles. The fourth-order valence-corrected chi connectivity index (χ4v) is 1.85. The molecule has 0 aliphatic heterocycles. The molecule has 0 aliphatic rings. The van der Waals surface area contributed by atoms with Crippen molar-refractivity contribution in [3.63, 3.8) is 0 Å². The van der Waals surface area contributed by atoms with Gasteiger partial charge in [-0.2, -0.15) is 0 Å². The van der Waals surface area contributed by atoms with E-state index in [4.69, 9.17) is 0 Å². The van der Waals surface area contributed by atoms with Crippen molar-refractivity contribution in [1.29, 1.82) is 0 Å².